The van der Waals surface area contributed by atoms with Crippen molar-refractivity contribution in [2.45, 2.75) is 18.9 Å². The van der Waals surface area contributed by atoms with Gasteiger partial charge in [0.2, 0.25) is 0 Å². The van der Waals surface area contributed by atoms with Gasteiger partial charge in [0.1, 0.15) is 10.5 Å². The first-order valence-corrected chi connectivity index (χ1v) is 7.27. The predicted octanol–water partition coefficient (Wildman–Crippen LogP) is 2.58. The van der Waals surface area contributed by atoms with Crippen molar-refractivity contribution in [2.24, 2.45) is 0 Å². The van der Waals surface area contributed by atoms with Crippen LogP contribution in [-0.4, -0.2) is 0 Å². The second kappa shape index (κ2) is 5.37. The van der Waals surface area contributed by atoms with Crippen LogP contribution in [0.1, 0.15) is 17.4 Å². The van der Waals surface area contributed by atoms with E-state index in [2.05, 4.69) is 0 Å². The Kier molecular flexibility index (Phi) is 4.12. The van der Waals surface area contributed by atoms with E-state index in [0.29, 0.717) is 20.5 Å². The molecule has 20 heavy (non-hydrogen) atoms. The molecule has 0 amide bonds. The molecule has 1 heterocycles. The Hall–Kier alpha value is -1.07. The second-order valence-electron chi connectivity index (χ2n) is 4.47. The van der Waals surface area contributed by atoms with Crippen LogP contribution in [0.3, 0.4) is 0 Å². The van der Waals surface area contributed by atoms with Crippen LogP contribution in [0, 0.1) is 0 Å². The molecule has 0 saturated carbocycles. The molecule has 106 valence electrons. The number of allylic oxidation sites excluding steroid dienone is 4. The Labute approximate surface area is 128 Å². The molecule has 0 aliphatic heterocycles. The van der Waals surface area contributed by atoms with Crippen LogP contribution in [0.4, 0.5) is 13.2 Å². The molecule has 0 saturated heterocycles. The summed E-state index contributed by atoms with van der Waals surface area (Å²) in [4.78, 5) is 0.401. The van der Waals surface area contributed by atoms with E-state index >= 15 is 0 Å². The molecule has 0 radical (unpaired) electrons. The largest absolute Gasteiger partial charge is 1.00 e. The van der Waals surface area contributed by atoms with Gasteiger partial charge in [-0.05, 0) is 30.2 Å². The zero-order valence-electron chi connectivity index (χ0n) is 10.7. The minimum absolute atomic E-state index is 0. The van der Waals surface area contributed by atoms with E-state index in [1.807, 2.05) is 13.0 Å². The fourth-order valence-corrected chi connectivity index (χ4v) is 4.20. The van der Waals surface area contributed by atoms with Crippen molar-refractivity contribution in [1.82, 2.24) is 0 Å². The topological polar surface area (TPSA) is 0 Å². The van der Waals surface area contributed by atoms with E-state index in [9.17, 15) is 13.2 Å². The highest BCUT2D eigenvalue weighted by molar-refractivity contribution is 7.39. The molecule has 1 aromatic carbocycles. The van der Waals surface area contributed by atoms with Crippen LogP contribution in [-0.2, 0) is 11.9 Å². The average molecular weight is 361 g/mol. The van der Waals surface area contributed by atoms with Crippen LogP contribution >= 0.6 is 10.5 Å². The number of benzene rings is 1. The summed E-state index contributed by atoms with van der Waals surface area (Å²) in [6, 6.07) is 7.09. The smallest absolute Gasteiger partial charge is 0.601 e. The Morgan fingerprint density at radius 3 is 2.35 bits per heavy atom. The molecular formula is C15H12BrF3S. The highest BCUT2D eigenvalue weighted by Crippen LogP contribution is 2.53. The van der Waals surface area contributed by atoms with Crippen molar-refractivity contribution in [1.29, 1.82) is 0 Å². The first kappa shape index (κ1) is 15.3. The zero-order valence-corrected chi connectivity index (χ0v) is 13.1. The Morgan fingerprint density at radius 1 is 1.15 bits per heavy atom. The van der Waals surface area contributed by atoms with Crippen LogP contribution in [0.15, 0.2) is 42.5 Å². The molecule has 1 atom stereocenters. The lowest BCUT2D eigenvalue weighted by molar-refractivity contribution is -0.0866. The van der Waals surface area contributed by atoms with E-state index in [1.165, 1.54) is 0 Å². The lowest BCUT2D eigenvalue weighted by Gasteiger charge is -2.04. The summed E-state index contributed by atoms with van der Waals surface area (Å²) in [5.41, 5.74) is -2.56. The molecule has 1 aromatic heterocycles. The molecule has 2 aromatic rings. The van der Waals surface area contributed by atoms with Crippen molar-refractivity contribution in [3.05, 3.63) is 52.9 Å². The minimum Gasteiger partial charge on any atom is -1.00 e. The normalized spacial score (nSPS) is 14.8. The second-order valence-corrected chi connectivity index (χ2v) is 6.42. The van der Waals surface area contributed by atoms with Gasteiger partial charge in [-0.25, -0.2) is 0 Å². The summed E-state index contributed by atoms with van der Waals surface area (Å²) in [5.74, 6) is 0. The highest BCUT2D eigenvalue weighted by atomic mass is 79.9. The Morgan fingerprint density at radius 2 is 1.85 bits per heavy atom. The highest BCUT2D eigenvalue weighted by Gasteiger charge is 2.48. The quantitative estimate of drug-likeness (QED) is 0.722. The number of alkyl halides is 3. The molecule has 5 heteroatoms. The first-order valence-electron chi connectivity index (χ1n) is 6.05. The van der Waals surface area contributed by atoms with Crippen molar-refractivity contribution < 1.29 is 30.2 Å². The third-order valence-electron chi connectivity index (χ3n) is 3.28. The molecule has 3 rings (SSSR count). The number of hydrogen-bond acceptors (Lipinski definition) is 0. The third-order valence-corrected chi connectivity index (χ3v) is 5.33. The third kappa shape index (κ3) is 2.44. The average Bonchev–Trinajstić information content (AvgIpc) is 2.63. The molecule has 0 bridgehead atoms. The van der Waals surface area contributed by atoms with E-state index in [0.717, 1.165) is 12.0 Å². The number of fused-ring (bicyclic) bond motifs is 1. The van der Waals surface area contributed by atoms with Gasteiger partial charge in [0.05, 0.1) is 0 Å². The van der Waals surface area contributed by atoms with Crippen molar-refractivity contribution in [3.63, 3.8) is 0 Å². The number of aryl methyl sites for hydroxylation is 1. The van der Waals surface area contributed by atoms with Crippen molar-refractivity contribution in [2.75, 3.05) is 0 Å². The van der Waals surface area contributed by atoms with Gasteiger partial charge in [0.15, 0.2) is 9.58 Å². The van der Waals surface area contributed by atoms with Gasteiger partial charge in [-0.1, -0.05) is 19.1 Å². The standard InChI is InChI=1S/C15H12F3S.BrH/c1-2-10-6-7-12-9-14(11-4-3-5-11)19(13(12)8-10)15(16,17)18;/h3-9H,2H2,1H3;1H/q+1;/p-1. The summed E-state index contributed by atoms with van der Waals surface area (Å²) < 4.78 is 40.5. The molecule has 0 N–H and O–H groups in total. The van der Waals surface area contributed by atoms with Crippen molar-refractivity contribution >= 4 is 26.1 Å². The summed E-state index contributed by atoms with van der Waals surface area (Å²) >= 11 is 0. The summed E-state index contributed by atoms with van der Waals surface area (Å²) in [6.45, 7) is 1.95. The van der Waals surface area contributed by atoms with Gasteiger partial charge in [0.25, 0.3) is 0 Å². The molecule has 1 aliphatic carbocycles. The monoisotopic (exact) mass is 360 g/mol. The predicted molar refractivity (Wildman–Crippen MR) is 74.2 cm³/mol. The zero-order chi connectivity index (χ0) is 13.6. The fourth-order valence-electron chi connectivity index (χ4n) is 2.22. The number of halogens is 4. The van der Waals surface area contributed by atoms with E-state index in [4.69, 9.17) is 0 Å². The number of thiophene rings is 1. The maximum atomic E-state index is 13.4. The van der Waals surface area contributed by atoms with E-state index < -0.39 is 16.0 Å². The maximum absolute atomic E-state index is 13.4. The lowest BCUT2D eigenvalue weighted by atomic mass is 10.1. The van der Waals surface area contributed by atoms with E-state index in [1.54, 1.807) is 36.4 Å². The van der Waals surface area contributed by atoms with Crippen LogP contribution in [0.2, 0.25) is 0 Å². The van der Waals surface area contributed by atoms with Crippen LogP contribution < -0.4 is 17.0 Å². The summed E-state index contributed by atoms with van der Waals surface area (Å²) in [6.07, 6.45) is 6.00. The summed E-state index contributed by atoms with van der Waals surface area (Å²) in [7, 11) is -1.81. The Bertz CT molecular complexity index is 708. The van der Waals surface area contributed by atoms with Crippen LogP contribution in [0.5, 0.6) is 0 Å². The first-order chi connectivity index (χ1) is 9.00. The lowest BCUT2D eigenvalue weighted by Crippen LogP contribution is -3.00. The number of hydrogen-bond donors (Lipinski definition) is 0. The molecular weight excluding hydrogens is 349 g/mol. The molecule has 0 fully saturated rings. The molecule has 1 aliphatic rings. The fraction of sp³-hybridized carbons (Fsp3) is 0.200. The van der Waals surface area contributed by atoms with Crippen LogP contribution in [0.25, 0.3) is 15.7 Å². The maximum Gasteiger partial charge on any atom is 0.601 e. The van der Waals surface area contributed by atoms with Gasteiger partial charge < -0.3 is 17.0 Å². The number of rotatable bonds is 2. The SMILES string of the molecule is CCc1ccc2cc(C3=CC=C3)[s+](C(F)(F)F)c2c1.[Br-]. The van der Waals surface area contributed by atoms with Crippen molar-refractivity contribution in [3.8, 4) is 0 Å². The van der Waals surface area contributed by atoms with E-state index in [-0.39, 0.29) is 17.0 Å². The van der Waals surface area contributed by atoms with Gasteiger partial charge in [-0.2, -0.15) is 0 Å². The Balaban J connectivity index is 0.00000147. The van der Waals surface area contributed by atoms with Gasteiger partial charge >= 0.3 is 5.51 Å². The molecule has 1 unspecified atom stereocenters. The summed E-state index contributed by atoms with van der Waals surface area (Å²) in [5, 5.41) is 0.703. The molecule has 0 nitrogen and oxygen atoms in total. The molecule has 0 spiro atoms. The van der Waals surface area contributed by atoms with Gasteiger partial charge in [-0.3, -0.25) is 0 Å². The van der Waals surface area contributed by atoms with Gasteiger partial charge in [0, 0.05) is 23.1 Å². The minimum atomic E-state index is -4.21. The van der Waals surface area contributed by atoms with Gasteiger partial charge in [-0.15, -0.1) is 13.2 Å².